The summed E-state index contributed by atoms with van der Waals surface area (Å²) in [7, 11) is 0. The van der Waals surface area contributed by atoms with Crippen molar-refractivity contribution in [2.75, 3.05) is 0 Å². The molecule has 3 nitrogen and oxygen atoms in total. The third-order valence-electron chi connectivity index (χ3n) is 1.88. The molecular formula is C10H9FN2OS. The maximum absolute atomic E-state index is 12.6. The van der Waals surface area contributed by atoms with Crippen molar-refractivity contribution in [2.24, 2.45) is 0 Å². The van der Waals surface area contributed by atoms with Gasteiger partial charge in [0.25, 0.3) is 0 Å². The second-order valence-corrected chi connectivity index (χ2v) is 4.17. The van der Waals surface area contributed by atoms with Gasteiger partial charge in [0.2, 0.25) is 0 Å². The van der Waals surface area contributed by atoms with Crippen LogP contribution in [0.3, 0.4) is 0 Å². The molecule has 2 aromatic rings. The Morgan fingerprint density at radius 2 is 2.13 bits per heavy atom. The zero-order valence-electron chi connectivity index (χ0n) is 8.01. The fourth-order valence-corrected chi connectivity index (χ4v) is 1.93. The monoisotopic (exact) mass is 224 g/mol. The van der Waals surface area contributed by atoms with Gasteiger partial charge < -0.3 is 5.11 Å². The Bertz CT molecular complexity index is 453. The van der Waals surface area contributed by atoms with E-state index in [4.69, 9.17) is 0 Å². The summed E-state index contributed by atoms with van der Waals surface area (Å²) in [5.74, 6) is -0.369. The van der Waals surface area contributed by atoms with Gasteiger partial charge in [0, 0.05) is 6.20 Å². The Morgan fingerprint density at radius 3 is 2.67 bits per heavy atom. The molecule has 2 rings (SSSR count). The highest BCUT2D eigenvalue weighted by atomic mass is 32.1. The smallest absolute Gasteiger partial charge is 0.142 e. The Morgan fingerprint density at radius 1 is 1.33 bits per heavy atom. The van der Waals surface area contributed by atoms with Crippen LogP contribution in [0.15, 0.2) is 24.5 Å². The number of hydrogen-bond acceptors (Lipinski definition) is 4. The highest BCUT2D eigenvalue weighted by molar-refractivity contribution is 7.15. The summed E-state index contributed by atoms with van der Waals surface area (Å²) in [4.78, 5) is 8.80. The molecule has 0 aliphatic heterocycles. The van der Waals surface area contributed by atoms with Crippen LogP contribution in [0.25, 0.3) is 10.7 Å². The molecule has 5 heteroatoms. The van der Waals surface area contributed by atoms with Crippen LogP contribution in [0.2, 0.25) is 0 Å². The van der Waals surface area contributed by atoms with Gasteiger partial charge in [-0.25, -0.2) is 9.37 Å². The number of nitrogens with zero attached hydrogens (tertiary/aromatic N) is 2. The molecule has 0 saturated heterocycles. The van der Waals surface area contributed by atoms with Crippen molar-refractivity contribution in [3.05, 3.63) is 35.2 Å². The molecule has 0 amide bonds. The quantitative estimate of drug-likeness (QED) is 0.852. The van der Waals surface area contributed by atoms with Crippen molar-refractivity contribution in [3.63, 3.8) is 0 Å². The number of halogens is 1. The Hall–Kier alpha value is -1.33. The van der Waals surface area contributed by atoms with E-state index in [0.717, 1.165) is 11.1 Å². The van der Waals surface area contributed by atoms with Crippen LogP contribution in [0.4, 0.5) is 4.39 Å². The van der Waals surface area contributed by atoms with Gasteiger partial charge in [-0.05, 0) is 19.1 Å². The molecule has 0 fully saturated rings. The van der Waals surface area contributed by atoms with E-state index in [1.807, 2.05) is 0 Å². The summed E-state index contributed by atoms with van der Waals surface area (Å²) >= 11 is 1.35. The summed E-state index contributed by atoms with van der Waals surface area (Å²) in [6.45, 7) is 1.68. The second kappa shape index (κ2) is 4.04. The SMILES string of the molecule is CC(O)c1cnc(-c2ccc(F)cn2)s1. The molecule has 1 N–H and O–H groups in total. The van der Waals surface area contributed by atoms with E-state index >= 15 is 0 Å². The Balaban J connectivity index is 2.33. The zero-order chi connectivity index (χ0) is 10.8. The normalized spacial score (nSPS) is 12.7. The highest BCUT2D eigenvalue weighted by Crippen LogP contribution is 2.27. The third-order valence-corrected chi connectivity index (χ3v) is 3.07. The van der Waals surface area contributed by atoms with E-state index in [9.17, 15) is 9.50 Å². The molecule has 15 heavy (non-hydrogen) atoms. The molecule has 0 aliphatic carbocycles. The number of pyridine rings is 1. The molecule has 0 radical (unpaired) electrons. The summed E-state index contributed by atoms with van der Waals surface area (Å²) in [6, 6.07) is 2.91. The first-order valence-electron chi connectivity index (χ1n) is 4.42. The first kappa shape index (κ1) is 10.2. The van der Waals surface area contributed by atoms with E-state index in [0.29, 0.717) is 10.7 Å². The van der Waals surface area contributed by atoms with Crippen LogP contribution < -0.4 is 0 Å². The van der Waals surface area contributed by atoms with Gasteiger partial charge in [-0.2, -0.15) is 0 Å². The largest absolute Gasteiger partial charge is 0.388 e. The van der Waals surface area contributed by atoms with Gasteiger partial charge in [-0.3, -0.25) is 4.98 Å². The van der Waals surface area contributed by atoms with Gasteiger partial charge >= 0.3 is 0 Å². The topological polar surface area (TPSA) is 46.0 Å². The lowest BCUT2D eigenvalue weighted by Crippen LogP contribution is -1.83. The molecule has 2 heterocycles. The maximum Gasteiger partial charge on any atom is 0.142 e. The number of aliphatic hydroxyl groups excluding tert-OH is 1. The number of aromatic nitrogens is 2. The average molecular weight is 224 g/mol. The van der Waals surface area contributed by atoms with Crippen molar-refractivity contribution >= 4 is 11.3 Å². The first-order valence-corrected chi connectivity index (χ1v) is 5.24. The van der Waals surface area contributed by atoms with Crippen LogP contribution in [0.1, 0.15) is 17.9 Å². The van der Waals surface area contributed by atoms with Crippen molar-refractivity contribution in [1.29, 1.82) is 0 Å². The first-order chi connectivity index (χ1) is 7.16. The fraction of sp³-hybridized carbons (Fsp3) is 0.200. The molecule has 0 bridgehead atoms. The number of rotatable bonds is 2. The Kier molecular flexibility index (Phi) is 2.75. The zero-order valence-corrected chi connectivity index (χ0v) is 8.83. The summed E-state index contributed by atoms with van der Waals surface area (Å²) in [5.41, 5.74) is 0.619. The standard InChI is InChI=1S/C10H9FN2OS/c1-6(14)9-5-13-10(15-9)8-3-2-7(11)4-12-8/h2-6,14H,1H3. The molecule has 0 aromatic carbocycles. The van der Waals surface area contributed by atoms with Crippen LogP contribution in [-0.2, 0) is 0 Å². The van der Waals surface area contributed by atoms with Crippen molar-refractivity contribution in [3.8, 4) is 10.7 Å². The molecule has 1 unspecified atom stereocenters. The van der Waals surface area contributed by atoms with Crippen molar-refractivity contribution in [2.45, 2.75) is 13.0 Å². The van der Waals surface area contributed by atoms with Gasteiger partial charge in [0.1, 0.15) is 10.8 Å². The van der Waals surface area contributed by atoms with Crippen LogP contribution >= 0.6 is 11.3 Å². The lowest BCUT2D eigenvalue weighted by molar-refractivity contribution is 0.203. The minimum Gasteiger partial charge on any atom is -0.388 e. The van der Waals surface area contributed by atoms with Gasteiger partial charge in [-0.1, -0.05) is 0 Å². The summed E-state index contributed by atoms with van der Waals surface area (Å²) in [5, 5.41) is 10.0. The number of hydrogen-bond donors (Lipinski definition) is 1. The predicted molar refractivity (Wildman–Crippen MR) is 55.9 cm³/mol. The molecule has 1 atom stereocenters. The summed E-state index contributed by atoms with van der Waals surface area (Å²) < 4.78 is 12.6. The minimum atomic E-state index is -0.531. The second-order valence-electron chi connectivity index (χ2n) is 3.11. The van der Waals surface area contributed by atoms with Crippen molar-refractivity contribution < 1.29 is 9.50 Å². The van der Waals surface area contributed by atoms with E-state index in [1.54, 1.807) is 19.2 Å². The third kappa shape index (κ3) is 2.19. The molecule has 0 spiro atoms. The lowest BCUT2D eigenvalue weighted by Gasteiger charge is -1.96. The van der Waals surface area contributed by atoms with E-state index in [2.05, 4.69) is 9.97 Å². The predicted octanol–water partition coefficient (Wildman–Crippen LogP) is 2.40. The van der Waals surface area contributed by atoms with E-state index < -0.39 is 6.10 Å². The van der Waals surface area contributed by atoms with E-state index in [-0.39, 0.29) is 5.82 Å². The maximum atomic E-state index is 12.6. The molecular weight excluding hydrogens is 215 g/mol. The number of thiazole rings is 1. The van der Waals surface area contributed by atoms with Crippen molar-refractivity contribution in [1.82, 2.24) is 9.97 Å². The molecule has 2 aromatic heterocycles. The van der Waals surface area contributed by atoms with Gasteiger partial charge in [0.15, 0.2) is 0 Å². The average Bonchev–Trinajstić information content (AvgIpc) is 2.68. The van der Waals surface area contributed by atoms with Crippen LogP contribution in [0.5, 0.6) is 0 Å². The molecule has 0 aliphatic rings. The number of aliphatic hydroxyl groups is 1. The van der Waals surface area contributed by atoms with Gasteiger partial charge in [0.05, 0.1) is 22.9 Å². The highest BCUT2D eigenvalue weighted by Gasteiger charge is 2.09. The Labute approximate surface area is 90.3 Å². The van der Waals surface area contributed by atoms with Crippen LogP contribution in [-0.4, -0.2) is 15.1 Å². The minimum absolute atomic E-state index is 0.369. The molecule has 78 valence electrons. The van der Waals surface area contributed by atoms with Gasteiger partial charge in [-0.15, -0.1) is 11.3 Å². The molecule has 0 saturated carbocycles. The van der Waals surface area contributed by atoms with Crippen LogP contribution in [0, 0.1) is 5.82 Å². The fourth-order valence-electron chi connectivity index (χ4n) is 1.10. The van der Waals surface area contributed by atoms with E-state index in [1.165, 1.54) is 17.4 Å². The lowest BCUT2D eigenvalue weighted by atomic mass is 10.3. The summed E-state index contributed by atoms with van der Waals surface area (Å²) in [6.07, 6.45) is 2.23.